The Morgan fingerprint density at radius 1 is 2.00 bits per heavy atom. The molecule has 0 rings (SSSR count). The average molecular weight is 87.1 g/mol. The van der Waals surface area contributed by atoms with Crippen molar-refractivity contribution < 1.29 is 10.1 Å². The third kappa shape index (κ3) is 1.49. The van der Waals surface area contributed by atoms with Gasteiger partial charge in [0, 0.05) is 0 Å². The Morgan fingerprint density at radius 3 is 2.50 bits per heavy atom. The van der Waals surface area contributed by atoms with Crippen molar-refractivity contribution in [3.8, 4) is 0 Å². The summed E-state index contributed by atoms with van der Waals surface area (Å²) in [5.74, 6) is -0.338. The summed E-state index contributed by atoms with van der Waals surface area (Å²) in [5.41, 5.74) is 0. The van der Waals surface area contributed by atoms with Crippen molar-refractivity contribution in [3.05, 3.63) is 12.7 Å². The van der Waals surface area contributed by atoms with Gasteiger partial charge in [0.25, 0.3) is 0 Å². The number of nitrogens with one attached hydrogen (secondary N) is 1. The van der Waals surface area contributed by atoms with E-state index in [4.69, 9.17) is 10.7 Å². The molecule has 0 fully saturated rings. The van der Waals surface area contributed by atoms with E-state index in [-0.39, 0.29) is 5.90 Å². The molecule has 0 aliphatic rings. The fourth-order valence-corrected chi connectivity index (χ4v) is 0.0373. The van der Waals surface area contributed by atoms with Gasteiger partial charge in [-0.2, -0.15) is 0 Å². The molecule has 0 bridgehead atoms. The highest BCUT2D eigenvalue weighted by molar-refractivity contribution is 5.83. The van der Waals surface area contributed by atoms with E-state index in [0.717, 1.165) is 6.08 Å². The molecular weight excluding hydrogens is 82.0 g/mol. The van der Waals surface area contributed by atoms with Gasteiger partial charge in [-0.25, -0.2) is 5.26 Å². The molecule has 0 aromatic carbocycles. The minimum atomic E-state index is -0.338. The molecule has 0 aliphatic carbocycles. The van der Waals surface area contributed by atoms with Crippen LogP contribution in [0, 0.1) is 5.41 Å². The van der Waals surface area contributed by atoms with Crippen molar-refractivity contribution in [2.24, 2.45) is 0 Å². The van der Waals surface area contributed by atoms with E-state index >= 15 is 0 Å². The van der Waals surface area contributed by atoms with Crippen LogP contribution in [0.5, 0.6) is 0 Å². The zero-order chi connectivity index (χ0) is 4.99. The van der Waals surface area contributed by atoms with Crippen molar-refractivity contribution in [1.82, 2.24) is 0 Å². The Bertz CT molecular complexity index is 69.2. The maximum Gasteiger partial charge on any atom is 0.248 e. The lowest BCUT2D eigenvalue weighted by atomic mass is 10.7. The van der Waals surface area contributed by atoms with Crippen molar-refractivity contribution in [3.63, 3.8) is 0 Å². The van der Waals surface area contributed by atoms with Crippen LogP contribution in [-0.4, -0.2) is 11.2 Å². The minimum Gasteiger partial charge on any atom is -0.320 e. The predicted octanol–water partition coefficient (Wildman–Crippen LogP) is 0.639. The van der Waals surface area contributed by atoms with Crippen molar-refractivity contribution in [2.75, 3.05) is 0 Å². The monoisotopic (exact) mass is 87.0 g/mol. The molecular formula is C3H5NO2. The molecule has 0 amide bonds. The van der Waals surface area contributed by atoms with Crippen LogP contribution in [0.4, 0.5) is 0 Å². The molecule has 0 aromatic heterocycles. The van der Waals surface area contributed by atoms with Crippen LogP contribution in [0.3, 0.4) is 0 Å². The SMILES string of the molecule is C=CC(=N)OO. The van der Waals surface area contributed by atoms with Gasteiger partial charge in [-0.3, -0.25) is 5.41 Å². The Labute approximate surface area is 35.3 Å². The second kappa shape index (κ2) is 2.41. The number of hydrogen-bond acceptors (Lipinski definition) is 3. The van der Waals surface area contributed by atoms with Crippen LogP contribution in [0.15, 0.2) is 12.7 Å². The molecule has 0 atom stereocenters. The number of rotatable bonds is 1. The van der Waals surface area contributed by atoms with Gasteiger partial charge < -0.3 is 4.89 Å². The molecule has 0 spiro atoms. The highest BCUT2D eigenvalue weighted by Gasteiger charge is 1.78. The lowest BCUT2D eigenvalue weighted by Crippen LogP contribution is -1.90. The van der Waals surface area contributed by atoms with Gasteiger partial charge >= 0.3 is 0 Å². The Morgan fingerprint density at radius 2 is 2.50 bits per heavy atom. The van der Waals surface area contributed by atoms with Crippen LogP contribution in [0.25, 0.3) is 0 Å². The normalized spacial score (nSPS) is 6.83. The highest BCUT2D eigenvalue weighted by atomic mass is 17.1. The molecule has 0 aliphatic heterocycles. The van der Waals surface area contributed by atoms with E-state index < -0.39 is 0 Å². The average Bonchev–Trinajstić information content (AvgIpc) is 1.65. The van der Waals surface area contributed by atoms with E-state index in [0.29, 0.717) is 0 Å². The fraction of sp³-hybridized carbons (Fsp3) is 0. The van der Waals surface area contributed by atoms with E-state index in [2.05, 4.69) is 11.5 Å². The zero-order valence-corrected chi connectivity index (χ0v) is 3.14. The summed E-state index contributed by atoms with van der Waals surface area (Å²) in [4.78, 5) is 3.36. The molecule has 34 valence electrons. The minimum absolute atomic E-state index is 0.338. The van der Waals surface area contributed by atoms with Gasteiger partial charge in [-0.15, -0.1) is 0 Å². The lowest BCUT2D eigenvalue weighted by Gasteiger charge is -1.83. The summed E-state index contributed by atoms with van der Waals surface area (Å²) in [5, 5.41) is 13.9. The van der Waals surface area contributed by atoms with Gasteiger partial charge in [-0.05, 0) is 6.08 Å². The summed E-state index contributed by atoms with van der Waals surface area (Å²) < 4.78 is 0. The first-order valence-corrected chi connectivity index (χ1v) is 1.33. The molecule has 3 nitrogen and oxygen atoms in total. The largest absolute Gasteiger partial charge is 0.320 e. The highest BCUT2D eigenvalue weighted by Crippen LogP contribution is 1.68. The second-order valence-corrected chi connectivity index (χ2v) is 0.660. The summed E-state index contributed by atoms with van der Waals surface area (Å²) >= 11 is 0. The Hall–Kier alpha value is -0.830. The third-order valence-corrected chi connectivity index (χ3v) is 0.284. The van der Waals surface area contributed by atoms with Crippen molar-refractivity contribution in [2.45, 2.75) is 0 Å². The lowest BCUT2D eigenvalue weighted by molar-refractivity contribution is -0.154. The summed E-state index contributed by atoms with van der Waals surface area (Å²) in [7, 11) is 0. The van der Waals surface area contributed by atoms with Gasteiger partial charge in [0.2, 0.25) is 5.90 Å². The van der Waals surface area contributed by atoms with Gasteiger partial charge in [-0.1, -0.05) is 6.58 Å². The van der Waals surface area contributed by atoms with E-state index in [9.17, 15) is 0 Å². The smallest absolute Gasteiger partial charge is 0.248 e. The van der Waals surface area contributed by atoms with E-state index in [1.54, 1.807) is 0 Å². The van der Waals surface area contributed by atoms with Gasteiger partial charge in [0.1, 0.15) is 0 Å². The molecule has 0 radical (unpaired) electrons. The maximum atomic E-state index is 7.54. The van der Waals surface area contributed by atoms with E-state index in [1.807, 2.05) is 0 Å². The quantitative estimate of drug-likeness (QED) is 0.213. The molecule has 0 heterocycles. The van der Waals surface area contributed by atoms with Crippen LogP contribution >= 0.6 is 0 Å². The predicted molar refractivity (Wildman–Crippen MR) is 21.6 cm³/mol. The second-order valence-electron chi connectivity index (χ2n) is 0.660. The van der Waals surface area contributed by atoms with Gasteiger partial charge in [0.15, 0.2) is 0 Å². The fourth-order valence-electron chi connectivity index (χ4n) is 0.0373. The van der Waals surface area contributed by atoms with Crippen molar-refractivity contribution >= 4 is 5.90 Å². The van der Waals surface area contributed by atoms with Crippen molar-refractivity contribution in [1.29, 1.82) is 5.41 Å². The first-order chi connectivity index (χ1) is 2.81. The molecule has 0 saturated heterocycles. The summed E-state index contributed by atoms with van der Waals surface area (Å²) in [6.07, 6.45) is 1.08. The summed E-state index contributed by atoms with van der Waals surface area (Å²) in [6.45, 7) is 3.12. The molecule has 0 aromatic rings. The Balaban J connectivity index is 3.23. The standard InChI is InChI=1S/C3H5NO2/c1-2-3(4)6-5/h2,4-5H,1H2. The van der Waals surface area contributed by atoms with Gasteiger partial charge in [0.05, 0.1) is 0 Å². The maximum absolute atomic E-state index is 7.54. The molecule has 0 saturated carbocycles. The zero-order valence-electron chi connectivity index (χ0n) is 3.14. The molecule has 3 heteroatoms. The molecule has 2 N–H and O–H groups in total. The number of hydrogen-bond donors (Lipinski definition) is 2. The van der Waals surface area contributed by atoms with Crippen LogP contribution in [-0.2, 0) is 4.89 Å². The third-order valence-electron chi connectivity index (χ3n) is 0.284. The summed E-state index contributed by atoms with van der Waals surface area (Å²) in [6, 6.07) is 0. The van der Waals surface area contributed by atoms with Crippen LogP contribution in [0.2, 0.25) is 0 Å². The first-order valence-electron chi connectivity index (χ1n) is 1.33. The topological polar surface area (TPSA) is 53.3 Å². The van der Waals surface area contributed by atoms with Crippen LogP contribution in [0.1, 0.15) is 0 Å². The Kier molecular flexibility index (Phi) is 2.08. The molecule has 6 heavy (non-hydrogen) atoms. The first kappa shape index (κ1) is 5.17. The van der Waals surface area contributed by atoms with Crippen LogP contribution < -0.4 is 0 Å². The molecule has 0 unspecified atom stereocenters. The van der Waals surface area contributed by atoms with E-state index in [1.165, 1.54) is 0 Å².